The van der Waals surface area contributed by atoms with Crippen molar-refractivity contribution in [3.05, 3.63) is 24.1 Å². The van der Waals surface area contributed by atoms with Crippen LogP contribution in [0.5, 0.6) is 0 Å². The van der Waals surface area contributed by atoms with Crippen LogP contribution in [0.3, 0.4) is 0 Å². The van der Waals surface area contributed by atoms with E-state index >= 15 is 0 Å². The summed E-state index contributed by atoms with van der Waals surface area (Å²) in [6.07, 6.45) is -0.265. The summed E-state index contributed by atoms with van der Waals surface area (Å²) >= 11 is 0. The Morgan fingerprint density at radius 1 is 1.26 bits per heavy atom. The number of nitrogens with one attached hydrogen (secondary N) is 1. The number of ether oxygens (including phenoxy) is 2. The minimum Gasteiger partial charge on any atom is -0.440 e. The topological polar surface area (TPSA) is 56.5 Å². The molecule has 1 heterocycles. The molecule has 0 amide bonds. The first-order valence-corrected chi connectivity index (χ1v) is 6.34. The zero-order valence-corrected chi connectivity index (χ0v) is 11.8. The Bertz CT molecular complexity index is 532. The Balaban J connectivity index is 2.12. The van der Waals surface area contributed by atoms with Gasteiger partial charge in [0.15, 0.2) is 17.8 Å². The van der Waals surface area contributed by atoms with Gasteiger partial charge in [-0.25, -0.2) is 4.98 Å². The van der Waals surface area contributed by atoms with Crippen molar-refractivity contribution in [3.63, 3.8) is 0 Å². The van der Waals surface area contributed by atoms with Crippen LogP contribution in [0, 0.1) is 0 Å². The number of fused-ring (bicyclic) bond motifs is 1. The average Bonchev–Trinajstić information content (AvgIpc) is 2.83. The molecule has 0 aliphatic rings. The van der Waals surface area contributed by atoms with Gasteiger partial charge in [-0.3, -0.25) is 0 Å². The van der Waals surface area contributed by atoms with Crippen LogP contribution in [0.4, 0.5) is 5.69 Å². The predicted octanol–water partition coefficient (Wildman–Crippen LogP) is 2.98. The molecule has 0 radical (unpaired) electrons. The predicted molar refractivity (Wildman–Crippen MR) is 74.4 cm³/mol. The Morgan fingerprint density at radius 3 is 2.63 bits per heavy atom. The molecule has 2 rings (SSSR count). The Morgan fingerprint density at radius 2 is 2.00 bits per heavy atom. The summed E-state index contributed by atoms with van der Waals surface area (Å²) in [7, 11) is 3.23. The third-order valence-corrected chi connectivity index (χ3v) is 2.90. The summed E-state index contributed by atoms with van der Waals surface area (Å²) < 4.78 is 15.9. The number of nitrogens with zero attached hydrogens (tertiary/aromatic N) is 1. The van der Waals surface area contributed by atoms with Gasteiger partial charge in [0.25, 0.3) is 0 Å². The van der Waals surface area contributed by atoms with Crippen molar-refractivity contribution in [3.8, 4) is 0 Å². The molecule has 2 aromatic rings. The van der Waals surface area contributed by atoms with Crippen molar-refractivity contribution < 1.29 is 13.9 Å². The summed E-state index contributed by atoms with van der Waals surface area (Å²) in [5.41, 5.74) is 2.64. The van der Waals surface area contributed by atoms with Crippen LogP contribution in [-0.2, 0) is 9.47 Å². The highest BCUT2D eigenvalue weighted by Crippen LogP contribution is 2.23. The highest BCUT2D eigenvalue weighted by atomic mass is 16.7. The van der Waals surface area contributed by atoms with Gasteiger partial charge in [-0.15, -0.1) is 0 Å². The lowest BCUT2D eigenvalue weighted by atomic mass is 10.2. The molecule has 1 N–H and O–H groups in total. The average molecular weight is 264 g/mol. The number of rotatable bonds is 6. The zero-order chi connectivity index (χ0) is 13.8. The second-order valence-electron chi connectivity index (χ2n) is 4.67. The molecular formula is C14H20N2O3. The fraction of sp³-hybridized carbons (Fsp3) is 0.500. The number of benzene rings is 1. The molecule has 0 unspecified atom stereocenters. The van der Waals surface area contributed by atoms with E-state index in [1.807, 2.05) is 18.2 Å². The fourth-order valence-corrected chi connectivity index (χ4v) is 1.77. The summed E-state index contributed by atoms with van der Waals surface area (Å²) in [4.78, 5) is 4.47. The van der Waals surface area contributed by atoms with E-state index in [4.69, 9.17) is 13.9 Å². The summed E-state index contributed by atoms with van der Waals surface area (Å²) in [6.45, 7) is 4.70. The first-order chi connectivity index (χ1) is 9.13. The normalized spacial score (nSPS) is 11.7. The summed E-state index contributed by atoms with van der Waals surface area (Å²) in [5.74, 6) is 1.05. The lowest BCUT2D eigenvalue weighted by molar-refractivity contribution is -0.0914. The maximum absolute atomic E-state index is 5.66. The van der Waals surface area contributed by atoms with Crippen LogP contribution in [-0.4, -0.2) is 32.0 Å². The fourth-order valence-electron chi connectivity index (χ4n) is 1.77. The molecular weight excluding hydrogens is 244 g/mol. The number of oxazole rings is 1. The largest absolute Gasteiger partial charge is 0.440 e. The molecule has 0 aliphatic heterocycles. The number of hydrogen-bond donors (Lipinski definition) is 1. The molecule has 0 bridgehead atoms. The molecule has 0 saturated carbocycles. The van der Waals surface area contributed by atoms with Gasteiger partial charge >= 0.3 is 0 Å². The molecule has 0 saturated heterocycles. The van der Waals surface area contributed by atoms with Gasteiger partial charge in [-0.05, 0) is 18.2 Å². The number of methoxy groups -OCH3 is 2. The highest BCUT2D eigenvalue weighted by Gasteiger charge is 2.10. The van der Waals surface area contributed by atoms with Crippen molar-refractivity contribution >= 4 is 16.8 Å². The maximum Gasteiger partial charge on any atom is 0.198 e. The van der Waals surface area contributed by atoms with Gasteiger partial charge in [0.05, 0.1) is 6.54 Å². The monoisotopic (exact) mass is 264 g/mol. The maximum atomic E-state index is 5.66. The first kappa shape index (κ1) is 13.8. The minimum atomic E-state index is -0.265. The van der Waals surface area contributed by atoms with Crippen molar-refractivity contribution in [2.45, 2.75) is 26.1 Å². The van der Waals surface area contributed by atoms with Gasteiger partial charge in [-0.2, -0.15) is 0 Å². The number of aromatic nitrogens is 1. The number of anilines is 1. The third kappa shape index (κ3) is 3.24. The molecule has 0 atom stereocenters. The van der Waals surface area contributed by atoms with Gasteiger partial charge in [-0.1, -0.05) is 13.8 Å². The first-order valence-electron chi connectivity index (χ1n) is 6.34. The Kier molecular flexibility index (Phi) is 4.39. The quantitative estimate of drug-likeness (QED) is 0.813. The standard InChI is InChI=1S/C14H20N2O3/c1-9(2)14-16-11-7-10(5-6-12(11)19-14)15-8-13(17-3)18-4/h5-7,9,13,15H,8H2,1-4H3. The van der Waals surface area contributed by atoms with Crippen molar-refractivity contribution in [1.82, 2.24) is 4.98 Å². The molecule has 1 aromatic heterocycles. The summed E-state index contributed by atoms with van der Waals surface area (Å²) in [5, 5.41) is 3.25. The minimum absolute atomic E-state index is 0.265. The van der Waals surface area contributed by atoms with E-state index in [-0.39, 0.29) is 12.2 Å². The zero-order valence-electron chi connectivity index (χ0n) is 11.8. The lowest BCUT2D eigenvalue weighted by Crippen LogP contribution is -2.23. The van der Waals surface area contributed by atoms with Gasteiger partial charge in [0.1, 0.15) is 5.52 Å². The summed E-state index contributed by atoms with van der Waals surface area (Å²) in [6, 6.07) is 5.85. The van der Waals surface area contributed by atoms with Crippen molar-refractivity contribution in [1.29, 1.82) is 0 Å². The van der Waals surface area contributed by atoms with Crippen molar-refractivity contribution in [2.24, 2.45) is 0 Å². The van der Waals surface area contributed by atoms with Crippen LogP contribution in [0.25, 0.3) is 11.1 Å². The van der Waals surface area contributed by atoms with Gasteiger partial charge < -0.3 is 19.2 Å². The second kappa shape index (κ2) is 6.04. The van der Waals surface area contributed by atoms with E-state index in [0.29, 0.717) is 6.54 Å². The van der Waals surface area contributed by atoms with E-state index in [1.165, 1.54) is 0 Å². The molecule has 0 spiro atoms. The Hall–Kier alpha value is -1.59. The molecule has 0 aliphatic carbocycles. The third-order valence-electron chi connectivity index (χ3n) is 2.90. The molecule has 104 valence electrons. The number of hydrogen-bond acceptors (Lipinski definition) is 5. The van der Waals surface area contributed by atoms with E-state index in [2.05, 4.69) is 24.1 Å². The van der Waals surface area contributed by atoms with Crippen molar-refractivity contribution in [2.75, 3.05) is 26.1 Å². The van der Waals surface area contributed by atoms with Crippen LogP contribution in [0.15, 0.2) is 22.6 Å². The van der Waals surface area contributed by atoms with Gasteiger partial charge in [0, 0.05) is 25.8 Å². The van der Waals surface area contributed by atoms with E-state index in [1.54, 1.807) is 14.2 Å². The lowest BCUT2D eigenvalue weighted by Gasteiger charge is -2.14. The van der Waals surface area contributed by atoms with E-state index in [9.17, 15) is 0 Å². The molecule has 1 aromatic carbocycles. The molecule has 5 heteroatoms. The van der Waals surface area contributed by atoms with Crippen LogP contribution >= 0.6 is 0 Å². The van der Waals surface area contributed by atoms with E-state index < -0.39 is 0 Å². The highest BCUT2D eigenvalue weighted by molar-refractivity contribution is 5.77. The Labute approximate surface area is 112 Å². The van der Waals surface area contributed by atoms with Crippen LogP contribution in [0.1, 0.15) is 25.7 Å². The molecule has 5 nitrogen and oxygen atoms in total. The molecule has 0 fully saturated rings. The second-order valence-corrected chi connectivity index (χ2v) is 4.67. The van der Waals surface area contributed by atoms with Crippen LogP contribution < -0.4 is 5.32 Å². The van der Waals surface area contributed by atoms with E-state index in [0.717, 1.165) is 22.7 Å². The van der Waals surface area contributed by atoms with Gasteiger partial charge in [0.2, 0.25) is 0 Å². The SMILES string of the molecule is COC(CNc1ccc2oc(C(C)C)nc2c1)OC. The molecule has 19 heavy (non-hydrogen) atoms. The van der Waals surface area contributed by atoms with Crippen LogP contribution in [0.2, 0.25) is 0 Å². The smallest absolute Gasteiger partial charge is 0.198 e.